The van der Waals surface area contributed by atoms with Crippen LogP contribution in [0.25, 0.3) is 0 Å². The maximum atomic E-state index is 4.14. The molecule has 0 radical (unpaired) electrons. The Bertz CT molecular complexity index is 6.85. The number of hydrogen-bond donors (Lipinski definition) is 1. The zero-order chi connectivity index (χ0) is 4.71. The smallest absolute Gasteiger partial charge is 0.0285 e. The van der Waals surface area contributed by atoms with Crippen LogP contribution in [0.4, 0.5) is 0 Å². The van der Waals surface area contributed by atoms with Crippen molar-refractivity contribution >= 4 is 11.8 Å². The van der Waals surface area contributed by atoms with Crippen molar-refractivity contribution in [2.75, 3.05) is 0 Å². The summed E-state index contributed by atoms with van der Waals surface area (Å²) in [5.74, 6) is 0. The third kappa shape index (κ3) is 344. The molecule has 0 aliphatic heterocycles. The molecule has 0 rings (SSSR count). The lowest BCUT2D eigenvalue weighted by Gasteiger charge is -1.48. The minimum absolute atomic E-state index is 1.25. The molecule has 2 N–H and O–H groups in total. The van der Waals surface area contributed by atoms with Crippen LogP contribution in [-0.2, 0) is 0 Å². The van der Waals surface area contributed by atoms with Gasteiger partial charge in [0.2, 0.25) is 0 Å². The van der Waals surface area contributed by atoms with E-state index in [2.05, 4.69) is 30.9 Å². The van der Waals surface area contributed by atoms with Gasteiger partial charge in [-0.2, -0.15) is 0 Å². The van der Waals surface area contributed by atoms with E-state index in [4.69, 9.17) is 0 Å². The molecule has 0 aromatic rings. The van der Waals surface area contributed by atoms with Gasteiger partial charge in [0.1, 0.15) is 0 Å². The van der Waals surface area contributed by atoms with Gasteiger partial charge in [-0.25, -0.2) is 5.25 Å². The zero-order valence-corrected chi connectivity index (χ0v) is 4.42. The molecule has 0 saturated heterocycles. The van der Waals surface area contributed by atoms with Gasteiger partial charge in [-0.1, -0.05) is 20.3 Å². The first-order valence-corrected chi connectivity index (χ1v) is 2.07. The van der Waals surface area contributed by atoms with Gasteiger partial charge in [0.05, 0.1) is 0 Å². The van der Waals surface area contributed by atoms with E-state index in [1.807, 2.05) is 0 Å². The van der Waals surface area contributed by atoms with E-state index < -0.39 is 0 Å². The predicted octanol–water partition coefficient (Wildman–Crippen LogP) is 1.52. The van der Waals surface area contributed by atoms with Crippen LogP contribution in [0, 0.1) is 0 Å². The van der Waals surface area contributed by atoms with Crippen molar-refractivity contribution in [2.45, 2.75) is 20.3 Å². The third-order valence-corrected chi connectivity index (χ3v) is 0. The van der Waals surface area contributed by atoms with Crippen molar-refractivity contribution in [3.63, 3.8) is 0 Å². The molecule has 0 spiro atoms. The van der Waals surface area contributed by atoms with Crippen LogP contribution in [0.1, 0.15) is 20.3 Å². The summed E-state index contributed by atoms with van der Waals surface area (Å²) in [5.41, 5.74) is 0. The van der Waals surface area contributed by atoms with Gasteiger partial charge in [0.25, 0.3) is 0 Å². The quantitative estimate of drug-likeness (QED) is 0.454. The highest BCUT2D eigenvalue weighted by molar-refractivity contribution is 6.11. The molecule has 0 aliphatic rings. The summed E-state index contributed by atoms with van der Waals surface area (Å²) in [6.45, 7) is 4.25. The Hall–Kier alpha value is 0.250. The van der Waals surface area contributed by atoms with Gasteiger partial charge >= 0.3 is 0 Å². The molecule has 0 amide bonds. The number of rotatable bonds is 0. The lowest BCUT2D eigenvalue weighted by atomic mass is 10.6. The summed E-state index contributed by atoms with van der Waals surface area (Å²) < 4.78 is 0. The first-order valence-electron chi connectivity index (χ1n) is 1.63. The topological polar surface area (TPSA) is 26.0 Å². The van der Waals surface area contributed by atoms with Crippen molar-refractivity contribution < 1.29 is 0 Å². The van der Waals surface area contributed by atoms with E-state index in [0.29, 0.717) is 0 Å². The molecule has 1 nitrogen and oxygen atoms in total. The van der Waals surface area contributed by atoms with Gasteiger partial charge in [-0.05, 0) is 11.8 Å². The molecule has 2 heteroatoms. The van der Waals surface area contributed by atoms with E-state index in [1.54, 1.807) is 0 Å². The number of halogens is 1. The summed E-state index contributed by atoms with van der Waals surface area (Å²) in [7, 11) is 0. The Balaban J connectivity index is 0. The van der Waals surface area contributed by atoms with Crippen LogP contribution in [0.15, 0.2) is 0 Å². The lowest BCUT2D eigenvalue weighted by Crippen LogP contribution is -1.48. The summed E-state index contributed by atoms with van der Waals surface area (Å²) in [5, 5.41) is 3.97. The highest BCUT2D eigenvalue weighted by atomic mass is 35.5. The standard InChI is InChI=1S/C3H8.ClH2N/c1-3-2;1-2/h3H2,1-2H3;2H2. The SMILES string of the molecule is CCC.NCl. The Morgan fingerprint density at radius 1 is 1.40 bits per heavy atom. The normalized spacial score (nSPS) is 4.80. The average molecular weight is 95.6 g/mol. The molecule has 0 saturated carbocycles. The number of hydrogen-bond acceptors (Lipinski definition) is 1. The van der Waals surface area contributed by atoms with Crippen LogP contribution in [0.2, 0.25) is 0 Å². The summed E-state index contributed by atoms with van der Waals surface area (Å²) in [4.78, 5) is 0. The Morgan fingerprint density at radius 2 is 1.40 bits per heavy atom. The van der Waals surface area contributed by atoms with Gasteiger partial charge in [0, 0.05) is 0 Å². The van der Waals surface area contributed by atoms with Crippen LogP contribution < -0.4 is 5.25 Å². The largest absolute Gasteiger partial charge is 0.247 e. The second kappa shape index (κ2) is 28.7. The third-order valence-electron chi connectivity index (χ3n) is 0. The van der Waals surface area contributed by atoms with E-state index in [1.165, 1.54) is 6.42 Å². The fraction of sp³-hybridized carbons (Fsp3) is 1.00. The fourth-order valence-electron chi connectivity index (χ4n) is 0. The monoisotopic (exact) mass is 95.1 g/mol. The summed E-state index contributed by atoms with van der Waals surface area (Å²) >= 11 is 4.14. The molecule has 0 heterocycles. The average Bonchev–Trinajstić information content (AvgIpc) is 1.46. The molecular weight excluding hydrogens is 85.5 g/mol. The first-order chi connectivity index (χ1) is 2.41. The second-order valence-electron chi connectivity index (χ2n) is 0.707. The van der Waals surface area contributed by atoms with Crippen LogP contribution >= 0.6 is 11.8 Å². The number of nitrogens with two attached hydrogens (primary N) is 1. The highest BCUT2D eigenvalue weighted by Gasteiger charge is 1.35. The van der Waals surface area contributed by atoms with E-state index in [-0.39, 0.29) is 0 Å². The molecule has 0 atom stereocenters. The Morgan fingerprint density at radius 3 is 1.40 bits per heavy atom. The van der Waals surface area contributed by atoms with Crippen molar-refractivity contribution in [3.05, 3.63) is 0 Å². The van der Waals surface area contributed by atoms with Crippen molar-refractivity contribution in [2.24, 2.45) is 5.25 Å². The highest BCUT2D eigenvalue weighted by Crippen LogP contribution is 1.56. The summed E-state index contributed by atoms with van der Waals surface area (Å²) in [6.07, 6.45) is 1.25. The minimum Gasteiger partial charge on any atom is -0.247 e. The predicted molar refractivity (Wildman–Crippen MR) is 26.0 cm³/mol. The molecule has 0 fully saturated rings. The molecule has 0 aromatic heterocycles. The molecular formula is C3H10ClN. The van der Waals surface area contributed by atoms with E-state index in [9.17, 15) is 0 Å². The molecule has 5 heavy (non-hydrogen) atoms. The van der Waals surface area contributed by atoms with Gasteiger partial charge in [-0.15, -0.1) is 0 Å². The van der Waals surface area contributed by atoms with E-state index >= 15 is 0 Å². The fourth-order valence-corrected chi connectivity index (χ4v) is 0. The van der Waals surface area contributed by atoms with Gasteiger partial charge < -0.3 is 0 Å². The molecule has 0 aliphatic carbocycles. The Labute approximate surface area is 38.2 Å². The minimum atomic E-state index is 1.25. The lowest BCUT2D eigenvalue weighted by molar-refractivity contribution is 1.09. The van der Waals surface area contributed by atoms with Crippen LogP contribution in [0.3, 0.4) is 0 Å². The summed E-state index contributed by atoms with van der Waals surface area (Å²) in [6, 6.07) is 0. The second-order valence-corrected chi connectivity index (χ2v) is 0.707. The maximum Gasteiger partial charge on any atom is -0.0285 e. The molecule has 0 unspecified atom stereocenters. The molecule has 34 valence electrons. The van der Waals surface area contributed by atoms with Gasteiger partial charge in [-0.3, -0.25) is 0 Å². The maximum absolute atomic E-state index is 4.14. The molecule has 0 bridgehead atoms. The molecule has 0 aromatic carbocycles. The van der Waals surface area contributed by atoms with E-state index in [0.717, 1.165) is 0 Å². The van der Waals surface area contributed by atoms with Crippen molar-refractivity contribution in [1.29, 1.82) is 0 Å². The van der Waals surface area contributed by atoms with Crippen LogP contribution in [0.5, 0.6) is 0 Å². The van der Waals surface area contributed by atoms with Crippen LogP contribution in [-0.4, -0.2) is 0 Å². The van der Waals surface area contributed by atoms with Crippen molar-refractivity contribution in [1.82, 2.24) is 0 Å². The Kier molecular flexibility index (Phi) is 51.6. The van der Waals surface area contributed by atoms with Gasteiger partial charge in [0.15, 0.2) is 0 Å². The first kappa shape index (κ1) is 8.98. The van der Waals surface area contributed by atoms with Crippen molar-refractivity contribution in [3.8, 4) is 0 Å². The zero-order valence-electron chi connectivity index (χ0n) is 3.66.